The number of esters is 1. The normalized spacial score (nSPS) is 10.6. The summed E-state index contributed by atoms with van der Waals surface area (Å²) in [6, 6.07) is 10.8. The minimum atomic E-state index is -0.580. The van der Waals surface area contributed by atoms with Crippen LogP contribution in [-0.4, -0.2) is 11.1 Å². The molecule has 0 unspecified atom stereocenters. The number of benzene rings is 1. The largest absolute Gasteiger partial charge is 0.454 e. The van der Waals surface area contributed by atoms with Crippen molar-refractivity contribution in [2.24, 2.45) is 0 Å². The Labute approximate surface area is 125 Å². The molecule has 22 heavy (non-hydrogen) atoms. The van der Waals surface area contributed by atoms with Crippen molar-refractivity contribution in [3.8, 4) is 11.3 Å². The van der Waals surface area contributed by atoms with Crippen molar-refractivity contribution in [2.75, 3.05) is 0 Å². The first-order valence-corrected chi connectivity index (χ1v) is 6.57. The highest BCUT2D eigenvalue weighted by Gasteiger charge is 2.14. The van der Waals surface area contributed by atoms with Gasteiger partial charge in [-0.15, -0.1) is 0 Å². The van der Waals surface area contributed by atoms with Crippen LogP contribution in [0.2, 0.25) is 0 Å². The van der Waals surface area contributed by atoms with E-state index in [1.54, 1.807) is 37.3 Å². The quantitative estimate of drug-likeness (QED) is 0.687. The molecule has 2 heterocycles. The van der Waals surface area contributed by atoms with Gasteiger partial charge in [0.25, 0.3) is 0 Å². The fourth-order valence-corrected chi connectivity index (χ4v) is 1.91. The van der Waals surface area contributed by atoms with Gasteiger partial charge in [-0.3, -0.25) is 0 Å². The van der Waals surface area contributed by atoms with Crippen molar-refractivity contribution in [1.82, 2.24) is 5.16 Å². The van der Waals surface area contributed by atoms with E-state index >= 15 is 0 Å². The smallest absolute Gasteiger partial charge is 0.374 e. The molecule has 0 N–H and O–H groups in total. The van der Waals surface area contributed by atoms with Crippen LogP contribution in [0, 0.1) is 12.7 Å². The fraction of sp³-hybridized carbons (Fsp3) is 0.125. The predicted octanol–water partition coefficient (Wildman–Crippen LogP) is 3.74. The van der Waals surface area contributed by atoms with Gasteiger partial charge in [0.2, 0.25) is 5.76 Å². The molecule has 1 aromatic carbocycles. The van der Waals surface area contributed by atoms with Gasteiger partial charge in [-0.1, -0.05) is 17.3 Å². The number of aryl methyl sites for hydroxylation is 1. The second kappa shape index (κ2) is 5.85. The third kappa shape index (κ3) is 3.06. The van der Waals surface area contributed by atoms with Gasteiger partial charge in [0, 0.05) is 11.6 Å². The summed E-state index contributed by atoms with van der Waals surface area (Å²) < 4.78 is 28.5. The molecule has 0 saturated carbocycles. The molecule has 0 radical (unpaired) electrons. The predicted molar refractivity (Wildman–Crippen MR) is 74.5 cm³/mol. The lowest BCUT2D eigenvalue weighted by atomic mass is 10.1. The standard InChI is InChI=1S/C16H12FNO4/c1-10-5-6-14(21-10)16(19)20-9-13-8-15(22-18-13)11-3-2-4-12(17)7-11/h2-8H,9H2,1H3. The molecule has 3 rings (SSSR count). The molecule has 112 valence electrons. The minimum absolute atomic E-state index is 0.0581. The lowest BCUT2D eigenvalue weighted by Gasteiger charge is -1.98. The molecule has 3 aromatic rings. The van der Waals surface area contributed by atoms with Crippen LogP contribution in [0.5, 0.6) is 0 Å². The molecule has 0 aliphatic carbocycles. The average molecular weight is 301 g/mol. The van der Waals surface area contributed by atoms with Crippen molar-refractivity contribution in [3.05, 3.63) is 65.5 Å². The van der Waals surface area contributed by atoms with E-state index in [9.17, 15) is 9.18 Å². The van der Waals surface area contributed by atoms with E-state index in [4.69, 9.17) is 13.7 Å². The number of rotatable bonds is 4. The summed E-state index contributed by atoms with van der Waals surface area (Å²) in [7, 11) is 0. The summed E-state index contributed by atoms with van der Waals surface area (Å²) in [6.07, 6.45) is 0. The van der Waals surface area contributed by atoms with E-state index in [0.29, 0.717) is 22.8 Å². The Morgan fingerprint density at radius 3 is 2.86 bits per heavy atom. The number of halogens is 1. The molecule has 0 saturated heterocycles. The molecule has 0 fully saturated rings. The summed E-state index contributed by atoms with van der Waals surface area (Å²) in [5, 5.41) is 3.79. The summed E-state index contributed by atoms with van der Waals surface area (Å²) in [5.41, 5.74) is 0.989. The van der Waals surface area contributed by atoms with Gasteiger partial charge in [0.15, 0.2) is 5.76 Å². The number of hydrogen-bond donors (Lipinski definition) is 0. The zero-order valence-corrected chi connectivity index (χ0v) is 11.7. The van der Waals surface area contributed by atoms with Crippen LogP contribution < -0.4 is 0 Å². The second-order valence-corrected chi connectivity index (χ2v) is 4.68. The number of carbonyl (C=O) groups is 1. The first-order valence-electron chi connectivity index (χ1n) is 6.57. The van der Waals surface area contributed by atoms with Crippen LogP contribution in [0.3, 0.4) is 0 Å². The van der Waals surface area contributed by atoms with E-state index in [2.05, 4.69) is 5.16 Å². The van der Waals surface area contributed by atoms with Gasteiger partial charge in [-0.25, -0.2) is 9.18 Å². The fourth-order valence-electron chi connectivity index (χ4n) is 1.91. The Hall–Kier alpha value is -2.89. The first-order chi connectivity index (χ1) is 10.6. The Morgan fingerprint density at radius 2 is 2.14 bits per heavy atom. The van der Waals surface area contributed by atoms with Gasteiger partial charge in [0.05, 0.1) is 0 Å². The minimum Gasteiger partial charge on any atom is -0.454 e. The molecule has 0 aliphatic rings. The Bertz CT molecular complexity index is 806. The van der Waals surface area contributed by atoms with Crippen LogP contribution in [0.4, 0.5) is 4.39 Å². The number of aromatic nitrogens is 1. The van der Waals surface area contributed by atoms with Crippen LogP contribution in [0.1, 0.15) is 22.0 Å². The van der Waals surface area contributed by atoms with E-state index in [1.807, 2.05) is 0 Å². The number of carbonyl (C=O) groups excluding carboxylic acids is 1. The van der Waals surface area contributed by atoms with Crippen molar-refractivity contribution in [2.45, 2.75) is 13.5 Å². The molecule has 0 atom stereocenters. The molecule has 0 spiro atoms. The van der Waals surface area contributed by atoms with Crippen molar-refractivity contribution in [1.29, 1.82) is 0 Å². The third-order valence-electron chi connectivity index (χ3n) is 2.96. The molecule has 5 nitrogen and oxygen atoms in total. The molecular weight excluding hydrogens is 289 g/mol. The van der Waals surface area contributed by atoms with E-state index in [0.717, 1.165) is 0 Å². The van der Waals surface area contributed by atoms with Gasteiger partial charge in [0.1, 0.15) is 23.9 Å². The zero-order chi connectivity index (χ0) is 15.5. The summed E-state index contributed by atoms with van der Waals surface area (Å²) in [5.74, 6) is 0.214. The molecule has 0 amide bonds. The van der Waals surface area contributed by atoms with Crippen molar-refractivity contribution in [3.63, 3.8) is 0 Å². The van der Waals surface area contributed by atoms with Crippen LogP contribution in [0.15, 0.2) is 51.4 Å². The monoisotopic (exact) mass is 301 g/mol. The third-order valence-corrected chi connectivity index (χ3v) is 2.96. The summed E-state index contributed by atoms with van der Waals surface area (Å²) >= 11 is 0. The van der Waals surface area contributed by atoms with Gasteiger partial charge in [-0.05, 0) is 31.2 Å². The number of hydrogen-bond acceptors (Lipinski definition) is 5. The van der Waals surface area contributed by atoms with E-state index < -0.39 is 5.97 Å². The molecule has 0 bridgehead atoms. The zero-order valence-electron chi connectivity index (χ0n) is 11.7. The number of ether oxygens (including phenoxy) is 1. The van der Waals surface area contributed by atoms with E-state index in [1.165, 1.54) is 12.1 Å². The SMILES string of the molecule is Cc1ccc(C(=O)OCc2cc(-c3cccc(F)c3)on2)o1. The van der Waals surface area contributed by atoms with Gasteiger partial charge < -0.3 is 13.7 Å². The number of furan rings is 1. The van der Waals surface area contributed by atoms with Crippen LogP contribution >= 0.6 is 0 Å². The van der Waals surface area contributed by atoms with Crippen molar-refractivity contribution >= 4 is 5.97 Å². The lowest BCUT2D eigenvalue weighted by Crippen LogP contribution is -2.03. The summed E-state index contributed by atoms with van der Waals surface area (Å²) in [6.45, 7) is 1.68. The Kier molecular flexibility index (Phi) is 3.74. The maximum absolute atomic E-state index is 13.2. The second-order valence-electron chi connectivity index (χ2n) is 4.68. The van der Waals surface area contributed by atoms with Gasteiger partial charge >= 0.3 is 5.97 Å². The van der Waals surface area contributed by atoms with Crippen LogP contribution in [-0.2, 0) is 11.3 Å². The highest BCUT2D eigenvalue weighted by Crippen LogP contribution is 2.21. The van der Waals surface area contributed by atoms with Crippen molar-refractivity contribution < 1.29 is 22.9 Å². The maximum atomic E-state index is 13.2. The molecule has 2 aromatic heterocycles. The maximum Gasteiger partial charge on any atom is 0.374 e. The van der Waals surface area contributed by atoms with Crippen LogP contribution in [0.25, 0.3) is 11.3 Å². The Morgan fingerprint density at radius 1 is 1.27 bits per heavy atom. The number of nitrogens with zero attached hydrogens (tertiary/aromatic N) is 1. The topological polar surface area (TPSA) is 65.5 Å². The Balaban J connectivity index is 1.66. The molecule has 6 heteroatoms. The molecule has 0 aliphatic heterocycles. The van der Waals surface area contributed by atoms with Gasteiger partial charge in [-0.2, -0.15) is 0 Å². The first kappa shape index (κ1) is 14.1. The van der Waals surface area contributed by atoms with E-state index in [-0.39, 0.29) is 18.2 Å². The average Bonchev–Trinajstić information content (AvgIpc) is 3.14. The highest BCUT2D eigenvalue weighted by molar-refractivity contribution is 5.86. The highest BCUT2D eigenvalue weighted by atomic mass is 19.1. The molecular formula is C16H12FNO4. The lowest BCUT2D eigenvalue weighted by molar-refractivity contribution is 0.0426. The summed E-state index contributed by atoms with van der Waals surface area (Å²) in [4.78, 5) is 11.7.